The Balaban J connectivity index is 2.10. The molecule has 0 fully saturated rings. The summed E-state index contributed by atoms with van der Waals surface area (Å²) in [5, 5.41) is 2.94. The van der Waals surface area contributed by atoms with Gasteiger partial charge in [0.1, 0.15) is 11.6 Å². The summed E-state index contributed by atoms with van der Waals surface area (Å²) in [5.41, 5.74) is 6.04. The van der Waals surface area contributed by atoms with Crippen molar-refractivity contribution >= 4 is 27.7 Å². The minimum absolute atomic E-state index is 0.272. The summed E-state index contributed by atoms with van der Waals surface area (Å²) in [4.78, 5) is 15.1. The lowest BCUT2D eigenvalue weighted by Crippen LogP contribution is -2.12. The van der Waals surface area contributed by atoms with Crippen molar-refractivity contribution in [1.29, 1.82) is 0 Å². The van der Waals surface area contributed by atoms with E-state index in [4.69, 9.17) is 5.73 Å². The number of hydrogen-bond acceptors (Lipinski definition) is 3. The SMILES string of the molecule is NC(=O)c1ccnc(NCc2ccc(Br)cc2F)c1. The molecule has 0 spiro atoms. The van der Waals surface area contributed by atoms with Crippen molar-refractivity contribution in [1.82, 2.24) is 4.98 Å². The van der Waals surface area contributed by atoms with E-state index < -0.39 is 5.91 Å². The monoisotopic (exact) mass is 323 g/mol. The predicted octanol–water partition coefficient (Wildman–Crippen LogP) is 2.69. The molecule has 0 radical (unpaired) electrons. The van der Waals surface area contributed by atoms with Gasteiger partial charge in [0.05, 0.1) is 0 Å². The molecular formula is C13H11BrFN3O. The highest BCUT2D eigenvalue weighted by Crippen LogP contribution is 2.16. The lowest BCUT2D eigenvalue weighted by Gasteiger charge is -2.07. The normalized spacial score (nSPS) is 10.2. The number of aromatic nitrogens is 1. The fraction of sp³-hybridized carbons (Fsp3) is 0.0769. The van der Waals surface area contributed by atoms with E-state index in [1.807, 2.05) is 0 Å². The summed E-state index contributed by atoms with van der Waals surface area (Å²) >= 11 is 3.19. The number of amides is 1. The molecule has 98 valence electrons. The fourth-order valence-electron chi connectivity index (χ4n) is 1.53. The number of primary amides is 1. The van der Waals surface area contributed by atoms with Crippen LogP contribution in [-0.4, -0.2) is 10.9 Å². The van der Waals surface area contributed by atoms with E-state index in [2.05, 4.69) is 26.2 Å². The summed E-state index contributed by atoms with van der Waals surface area (Å²) in [7, 11) is 0. The molecule has 1 aromatic heterocycles. The highest BCUT2D eigenvalue weighted by Gasteiger charge is 2.05. The average Bonchev–Trinajstić information content (AvgIpc) is 2.38. The number of halogens is 2. The molecule has 1 amide bonds. The second-order valence-electron chi connectivity index (χ2n) is 3.88. The summed E-state index contributed by atoms with van der Waals surface area (Å²) in [6.45, 7) is 0.272. The highest BCUT2D eigenvalue weighted by molar-refractivity contribution is 9.10. The summed E-state index contributed by atoms with van der Waals surface area (Å²) in [6.07, 6.45) is 1.47. The first kappa shape index (κ1) is 13.5. The van der Waals surface area contributed by atoms with Crippen LogP contribution in [0.3, 0.4) is 0 Å². The van der Waals surface area contributed by atoms with Crippen LogP contribution in [0.1, 0.15) is 15.9 Å². The van der Waals surface area contributed by atoms with E-state index >= 15 is 0 Å². The van der Waals surface area contributed by atoms with Crippen LogP contribution in [0.4, 0.5) is 10.2 Å². The lowest BCUT2D eigenvalue weighted by molar-refractivity contribution is 0.1000. The summed E-state index contributed by atoms with van der Waals surface area (Å²) in [6, 6.07) is 7.87. The Kier molecular flexibility index (Phi) is 4.11. The van der Waals surface area contributed by atoms with Crippen molar-refractivity contribution in [3.05, 3.63) is 57.9 Å². The van der Waals surface area contributed by atoms with Gasteiger partial charge in [0.15, 0.2) is 0 Å². The molecule has 2 aromatic rings. The molecule has 19 heavy (non-hydrogen) atoms. The van der Waals surface area contributed by atoms with E-state index in [0.717, 1.165) is 0 Å². The number of carbonyl (C=O) groups excluding carboxylic acids is 1. The molecule has 0 saturated carbocycles. The maximum absolute atomic E-state index is 13.6. The van der Waals surface area contributed by atoms with E-state index in [1.54, 1.807) is 12.1 Å². The van der Waals surface area contributed by atoms with E-state index in [9.17, 15) is 9.18 Å². The van der Waals surface area contributed by atoms with Crippen molar-refractivity contribution in [3.8, 4) is 0 Å². The number of carbonyl (C=O) groups is 1. The smallest absolute Gasteiger partial charge is 0.248 e. The zero-order valence-corrected chi connectivity index (χ0v) is 11.4. The van der Waals surface area contributed by atoms with Gasteiger partial charge in [-0.1, -0.05) is 22.0 Å². The van der Waals surface area contributed by atoms with Gasteiger partial charge in [0, 0.05) is 28.3 Å². The van der Waals surface area contributed by atoms with Crippen LogP contribution in [0, 0.1) is 5.82 Å². The quantitative estimate of drug-likeness (QED) is 0.909. The molecule has 0 aliphatic carbocycles. The largest absolute Gasteiger partial charge is 0.366 e. The Bertz CT molecular complexity index is 619. The summed E-state index contributed by atoms with van der Waals surface area (Å²) < 4.78 is 14.3. The van der Waals surface area contributed by atoms with Gasteiger partial charge in [-0.2, -0.15) is 0 Å². The van der Waals surface area contributed by atoms with Crippen molar-refractivity contribution < 1.29 is 9.18 Å². The van der Waals surface area contributed by atoms with E-state index in [1.165, 1.54) is 24.4 Å². The van der Waals surface area contributed by atoms with Gasteiger partial charge in [-0.05, 0) is 24.3 Å². The van der Waals surface area contributed by atoms with Crippen molar-refractivity contribution in [2.45, 2.75) is 6.54 Å². The Morgan fingerprint density at radius 1 is 1.37 bits per heavy atom. The first-order valence-corrected chi connectivity index (χ1v) is 6.29. The maximum Gasteiger partial charge on any atom is 0.248 e. The third-order valence-corrected chi connectivity index (χ3v) is 3.01. The molecule has 0 aliphatic rings. The average molecular weight is 324 g/mol. The van der Waals surface area contributed by atoms with Gasteiger partial charge in [0.2, 0.25) is 5.91 Å². The number of rotatable bonds is 4. The molecular weight excluding hydrogens is 313 g/mol. The number of pyridine rings is 1. The second-order valence-corrected chi connectivity index (χ2v) is 4.80. The number of nitrogens with one attached hydrogen (secondary N) is 1. The van der Waals surface area contributed by atoms with Gasteiger partial charge in [-0.3, -0.25) is 4.79 Å². The van der Waals surface area contributed by atoms with Crippen molar-refractivity contribution in [2.75, 3.05) is 5.32 Å². The van der Waals surface area contributed by atoms with Crippen LogP contribution < -0.4 is 11.1 Å². The van der Waals surface area contributed by atoms with Gasteiger partial charge in [-0.25, -0.2) is 9.37 Å². The Labute approximate surface area is 118 Å². The first-order chi connectivity index (χ1) is 9.06. The molecule has 3 N–H and O–H groups in total. The minimum atomic E-state index is -0.528. The second kappa shape index (κ2) is 5.79. The Morgan fingerprint density at radius 2 is 2.16 bits per heavy atom. The topological polar surface area (TPSA) is 68.0 Å². The van der Waals surface area contributed by atoms with Gasteiger partial charge >= 0.3 is 0 Å². The number of nitrogens with zero attached hydrogens (tertiary/aromatic N) is 1. The third-order valence-electron chi connectivity index (χ3n) is 2.52. The Hall–Kier alpha value is -1.95. The van der Waals surface area contributed by atoms with Crippen LogP contribution >= 0.6 is 15.9 Å². The fourth-order valence-corrected chi connectivity index (χ4v) is 1.86. The van der Waals surface area contributed by atoms with Crippen LogP contribution in [-0.2, 0) is 6.54 Å². The molecule has 1 aromatic carbocycles. The van der Waals surface area contributed by atoms with Gasteiger partial charge in [-0.15, -0.1) is 0 Å². The van der Waals surface area contributed by atoms with Gasteiger partial charge in [0.25, 0.3) is 0 Å². The molecule has 4 nitrogen and oxygen atoms in total. The van der Waals surface area contributed by atoms with Crippen molar-refractivity contribution in [3.63, 3.8) is 0 Å². The minimum Gasteiger partial charge on any atom is -0.366 e. The highest BCUT2D eigenvalue weighted by atomic mass is 79.9. The number of benzene rings is 1. The first-order valence-electron chi connectivity index (χ1n) is 5.50. The molecule has 0 atom stereocenters. The number of nitrogens with two attached hydrogens (primary N) is 1. The Morgan fingerprint density at radius 3 is 2.84 bits per heavy atom. The number of anilines is 1. The molecule has 2 rings (SSSR count). The van der Waals surface area contributed by atoms with E-state index in [-0.39, 0.29) is 12.4 Å². The lowest BCUT2D eigenvalue weighted by atomic mass is 10.2. The zero-order chi connectivity index (χ0) is 13.8. The van der Waals surface area contributed by atoms with Gasteiger partial charge < -0.3 is 11.1 Å². The van der Waals surface area contributed by atoms with Crippen LogP contribution in [0.15, 0.2) is 41.0 Å². The molecule has 1 heterocycles. The zero-order valence-electron chi connectivity index (χ0n) is 9.86. The molecule has 0 saturated heterocycles. The molecule has 6 heteroatoms. The van der Waals surface area contributed by atoms with Crippen LogP contribution in [0.5, 0.6) is 0 Å². The molecule has 0 unspecified atom stereocenters. The predicted molar refractivity (Wildman–Crippen MR) is 74.2 cm³/mol. The maximum atomic E-state index is 13.6. The molecule has 0 aliphatic heterocycles. The standard InChI is InChI=1S/C13H11BrFN3O/c14-10-2-1-9(11(15)6-10)7-18-12-5-8(13(16)19)3-4-17-12/h1-6H,7H2,(H2,16,19)(H,17,18). The van der Waals surface area contributed by atoms with Crippen LogP contribution in [0.2, 0.25) is 0 Å². The van der Waals surface area contributed by atoms with Crippen molar-refractivity contribution in [2.24, 2.45) is 5.73 Å². The van der Waals surface area contributed by atoms with Crippen LogP contribution in [0.25, 0.3) is 0 Å². The third kappa shape index (κ3) is 3.51. The number of hydrogen-bond donors (Lipinski definition) is 2. The molecule has 0 bridgehead atoms. The van der Waals surface area contributed by atoms with E-state index in [0.29, 0.717) is 21.4 Å². The summed E-state index contributed by atoms with van der Waals surface area (Å²) in [5.74, 6) is -0.369.